The van der Waals surface area contributed by atoms with E-state index in [4.69, 9.17) is 9.47 Å². The summed E-state index contributed by atoms with van der Waals surface area (Å²) >= 11 is 0. The van der Waals surface area contributed by atoms with Crippen molar-refractivity contribution in [2.24, 2.45) is 0 Å². The molecule has 3 N–H and O–H groups in total. The molecular weight excluding hydrogens is 504 g/mol. The van der Waals surface area contributed by atoms with Crippen molar-refractivity contribution < 1.29 is 24.0 Å². The van der Waals surface area contributed by atoms with E-state index in [-0.39, 0.29) is 17.8 Å². The lowest BCUT2D eigenvalue weighted by Crippen LogP contribution is -2.51. The van der Waals surface area contributed by atoms with Crippen LogP contribution in [0, 0.1) is 10.1 Å². The molecule has 1 atom stereocenters. The highest BCUT2D eigenvalue weighted by Crippen LogP contribution is 2.15. The number of hydrogen-bond donors (Lipinski definition) is 3. The molecule has 2 amide bonds. The average molecular weight is 551 g/mol. The van der Waals surface area contributed by atoms with Crippen LogP contribution in [-0.2, 0) is 15.9 Å². The molecule has 2 rings (SSSR count). The molecule has 1 fully saturated rings. The van der Waals surface area contributed by atoms with Crippen LogP contribution >= 0.6 is 0 Å². The Morgan fingerprint density at radius 1 is 0.923 bits per heavy atom. The minimum Gasteiger partial charge on any atom is -0.444 e. The summed E-state index contributed by atoms with van der Waals surface area (Å²) in [6, 6.07) is 6.01. The van der Waals surface area contributed by atoms with E-state index in [0.29, 0.717) is 45.7 Å². The number of hydrogen-bond acceptors (Lipinski definition) is 9. The quantitative estimate of drug-likeness (QED) is 0.360. The highest BCUT2D eigenvalue weighted by molar-refractivity contribution is 5.68. The summed E-state index contributed by atoms with van der Waals surface area (Å²) in [6.45, 7) is 16.7. The molecule has 1 saturated heterocycles. The number of amides is 2. The number of carbonyl (C=O) groups excluding carboxylic acids is 2. The van der Waals surface area contributed by atoms with Gasteiger partial charge in [-0.25, -0.2) is 9.59 Å². The number of nitro groups is 1. The van der Waals surface area contributed by atoms with E-state index < -0.39 is 22.2 Å². The predicted molar refractivity (Wildman–Crippen MR) is 150 cm³/mol. The molecular formula is C27H46N6O6. The van der Waals surface area contributed by atoms with Gasteiger partial charge >= 0.3 is 12.2 Å². The van der Waals surface area contributed by atoms with Crippen LogP contribution in [0.2, 0.25) is 0 Å². The fraction of sp³-hybridized carbons (Fsp3) is 0.704. The summed E-state index contributed by atoms with van der Waals surface area (Å²) in [5, 5.41) is 20.8. The Morgan fingerprint density at radius 3 is 2.08 bits per heavy atom. The Morgan fingerprint density at radius 2 is 1.51 bits per heavy atom. The normalized spacial score (nSPS) is 17.3. The number of benzene rings is 1. The fourth-order valence-corrected chi connectivity index (χ4v) is 4.04. The van der Waals surface area contributed by atoms with E-state index in [9.17, 15) is 19.7 Å². The van der Waals surface area contributed by atoms with Crippen molar-refractivity contribution in [1.29, 1.82) is 0 Å². The summed E-state index contributed by atoms with van der Waals surface area (Å²) in [4.78, 5) is 40.1. The van der Waals surface area contributed by atoms with Gasteiger partial charge in [0.1, 0.15) is 11.2 Å². The van der Waals surface area contributed by atoms with E-state index in [1.807, 2.05) is 20.8 Å². The van der Waals surface area contributed by atoms with E-state index >= 15 is 0 Å². The average Bonchev–Trinajstić information content (AvgIpc) is 2.78. The van der Waals surface area contributed by atoms with Crippen LogP contribution in [0.3, 0.4) is 0 Å². The van der Waals surface area contributed by atoms with Crippen molar-refractivity contribution >= 4 is 17.9 Å². The van der Waals surface area contributed by atoms with Gasteiger partial charge in [-0.2, -0.15) is 0 Å². The lowest BCUT2D eigenvalue weighted by atomic mass is 10.0. The molecule has 0 aliphatic carbocycles. The monoisotopic (exact) mass is 550 g/mol. The summed E-state index contributed by atoms with van der Waals surface area (Å²) in [5.41, 5.74) is -0.372. The highest BCUT2D eigenvalue weighted by Gasteiger charge is 2.25. The second kappa shape index (κ2) is 15.0. The van der Waals surface area contributed by atoms with E-state index in [1.165, 1.54) is 12.1 Å². The zero-order chi connectivity index (χ0) is 29.1. The smallest absolute Gasteiger partial charge is 0.410 e. The van der Waals surface area contributed by atoms with Crippen LogP contribution in [0.25, 0.3) is 0 Å². The van der Waals surface area contributed by atoms with Gasteiger partial charge in [0.25, 0.3) is 5.69 Å². The maximum absolute atomic E-state index is 12.9. The predicted octanol–water partition coefficient (Wildman–Crippen LogP) is 2.76. The van der Waals surface area contributed by atoms with Crippen molar-refractivity contribution in [1.82, 2.24) is 25.8 Å². The number of alkyl carbamates (subject to hydrolysis) is 1. The molecule has 12 nitrogen and oxygen atoms in total. The van der Waals surface area contributed by atoms with Gasteiger partial charge in [-0.05, 0) is 53.5 Å². The number of carbonyl (C=O) groups is 2. The summed E-state index contributed by atoms with van der Waals surface area (Å²) in [6.07, 6.45) is -0.419. The van der Waals surface area contributed by atoms with Crippen molar-refractivity contribution in [2.75, 3.05) is 58.9 Å². The Balaban J connectivity index is 2.19. The van der Waals surface area contributed by atoms with Crippen LogP contribution in [0.15, 0.2) is 24.3 Å². The fourth-order valence-electron chi connectivity index (χ4n) is 4.04. The maximum Gasteiger partial charge on any atom is 0.410 e. The zero-order valence-corrected chi connectivity index (χ0v) is 24.2. The van der Waals surface area contributed by atoms with Gasteiger partial charge in [-0.1, -0.05) is 12.1 Å². The van der Waals surface area contributed by atoms with Crippen molar-refractivity contribution in [3.63, 3.8) is 0 Å². The summed E-state index contributed by atoms with van der Waals surface area (Å²) in [5.74, 6) is 0. The molecule has 0 radical (unpaired) electrons. The summed E-state index contributed by atoms with van der Waals surface area (Å²) in [7, 11) is 0. The number of nitro benzene ring substituents is 1. The molecule has 0 aromatic heterocycles. The third-order valence-electron chi connectivity index (χ3n) is 5.81. The molecule has 1 aromatic carbocycles. The highest BCUT2D eigenvalue weighted by atomic mass is 16.6. The molecule has 1 heterocycles. The second-order valence-electron chi connectivity index (χ2n) is 11.7. The van der Waals surface area contributed by atoms with Gasteiger partial charge in [-0.3, -0.25) is 15.0 Å². The van der Waals surface area contributed by atoms with E-state index in [0.717, 1.165) is 25.2 Å². The minimum absolute atomic E-state index is 0.0151. The lowest BCUT2D eigenvalue weighted by Gasteiger charge is -2.33. The Bertz CT molecular complexity index is 928. The van der Waals surface area contributed by atoms with Gasteiger partial charge in [-0.15, -0.1) is 0 Å². The van der Waals surface area contributed by atoms with Gasteiger partial charge in [0.05, 0.1) is 4.92 Å². The molecule has 0 spiro atoms. The Labute approximate surface area is 231 Å². The van der Waals surface area contributed by atoms with Gasteiger partial charge in [0, 0.05) is 77.1 Å². The van der Waals surface area contributed by atoms with Gasteiger partial charge in [0.2, 0.25) is 0 Å². The first-order chi connectivity index (χ1) is 18.2. The number of nitrogens with one attached hydrogen (secondary N) is 3. The standard InChI is InChI=1S/C27H46N6O6/c1-26(2,3)38-24(34)30-22(19-21-7-9-23(10-8-21)33(36)37)20-31-15-13-28-11-12-29-14-16-32(18-17-31)25(35)39-27(4,5)6/h7-10,22,28-29H,11-20H2,1-6H3,(H,30,34). The Hall–Kier alpha value is -2.96. The summed E-state index contributed by atoms with van der Waals surface area (Å²) < 4.78 is 11.1. The molecule has 1 aromatic rings. The zero-order valence-electron chi connectivity index (χ0n) is 24.2. The number of non-ortho nitro benzene ring substituents is 1. The van der Waals surface area contributed by atoms with Crippen molar-refractivity contribution in [2.45, 2.75) is 65.2 Å². The number of nitrogens with zero attached hydrogens (tertiary/aromatic N) is 3. The third kappa shape index (κ3) is 13.6. The first-order valence-electron chi connectivity index (χ1n) is 13.6. The topological polar surface area (TPSA) is 138 Å². The molecule has 1 aliphatic rings. The molecule has 0 bridgehead atoms. The number of rotatable bonds is 6. The van der Waals surface area contributed by atoms with Crippen LogP contribution in [0.1, 0.15) is 47.1 Å². The molecule has 0 saturated carbocycles. The first-order valence-corrected chi connectivity index (χ1v) is 13.6. The molecule has 1 aliphatic heterocycles. The van der Waals surface area contributed by atoms with Crippen LogP contribution in [-0.4, -0.2) is 103 Å². The Kier molecular flexibility index (Phi) is 12.4. The maximum atomic E-state index is 12.9. The molecule has 1 unspecified atom stereocenters. The third-order valence-corrected chi connectivity index (χ3v) is 5.81. The molecule has 39 heavy (non-hydrogen) atoms. The van der Waals surface area contributed by atoms with Crippen LogP contribution in [0.4, 0.5) is 15.3 Å². The largest absolute Gasteiger partial charge is 0.444 e. The van der Waals surface area contributed by atoms with E-state index in [1.54, 1.807) is 37.8 Å². The molecule has 220 valence electrons. The van der Waals surface area contributed by atoms with Gasteiger partial charge < -0.3 is 30.3 Å². The molecule has 12 heteroatoms. The lowest BCUT2D eigenvalue weighted by molar-refractivity contribution is -0.384. The second-order valence-corrected chi connectivity index (χ2v) is 11.7. The van der Waals surface area contributed by atoms with Crippen molar-refractivity contribution in [3.8, 4) is 0 Å². The SMILES string of the molecule is CC(C)(C)OC(=O)NC(Cc1ccc([N+](=O)[O-])cc1)CN1CCNCCNCCN(C(=O)OC(C)(C)C)CC1. The van der Waals surface area contributed by atoms with Crippen molar-refractivity contribution in [3.05, 3.63) is 39.9 Å². The van der Waals surface area contributed by atoms with Crippen LogP contribution in [0.5, 0.6) is 0 Å². The first kappa shape index (κ1) is 32.3. The van der Waals surface area contributed by atoms with Crippen LogP contribution < -0.4 is 16.0 Å². The van der Waals surface area contributed by atoms with E-state index in [2.05, 4.69) is 20.9 Å². The minimum atomic E-state index is -0.651. The van der Waals surface area contributed by atoms with Gasteiger partial charge in [0.15, 0.2) is 0 Å². The number of ether oxygens (including phenoxy) is 2.